The van der Waals surface area contributed by atoms with Crippen molar-refractivity contribution in [3.8, 4) is 0 Å². The summed E-state index contributed by atoms with van der Waals surface area (Å²) in [5.74, 6) is -1.86. The maximum absolute atomic E-state index is 13.3. The molecule has 0 amide bonds. The van der Waals surface area contributed by atoms with Gasteiger partial charge in [0.15, 0.2) is 0 Å². The SMILES string of the molecule is COC(=O)c1cc([N+](=O)[O-])c(CN)cc1F.Cl. The van der Waals surface area contributed by atoms with Crippen molar-refractivity contribution in [2.75, 3.05) is 7.11 Å². The number of ether oxygens (including phenoxy) is 1. The highest BCUT2D eigenvalue weighted by atomic mass is 35.5. The fraction of sp³-hybridized carbons (Fsp3) is 0.222. The second-order valence-electron chi connectivity index (χ2n) is 2.91. The summed E-state index contributed by atoms with van der Waals surface area (Å²) in [6.45, 7) is -0.186. The third-order valence-electron chi connectivity index (χ3n) is 1.99. The van der Waals surface area contributed by atoms with Crippen LogP contribution in [0.4, 0.5) is 10.1 Å². The molecule has 0 radical (unpaired) electrons. The number of nitro benzene ring substituents is 1. The van der Waals surface area contributed by atoms with Crippen LogP contribution in [-0.2, 0) is 11.3 Å². The number of nitrogens with two attached hydrogens (primary N) is 1. The van der Waals surface area contributed by atoms with Crippen LogP contribution in [0, 0.1) is 15.9 Å². The number of hydrogen-bond donors (Lipinski definition) is 1. The van der Waals surface area contributed by atoms with Gasteiger partial charge >= 0.3 is 5.97 Å². The van der Waals surface area contributed by atoms with Gasteiger partial charge in [0.1, 0.15) is 11.4 Å². The topological polar surface area (TPSA) is 95.5 Å². The Balaban J connectivity index is 0.00000256. The first-order chi connectivity index (χ1) is 7.51. The third-order valence-corrected chi connectivity index (χ3v) is 1.99. The molecule has 1 aromatic rings. The fourth-order valence-electron chi connectivity index (χ4n) is 1.20. The van der Waals surface area contributed by atoms with E-state index < -0.39 is 28.0 Å². The zero-order chi connectivity index (χ0) is 12.3. The molecular formula is C9H10ClFN2O4. The smallest absolute Gasteiger partial charge is 0.341 e. The maximum Gasteiger partial charge on any atom is 0.341 e. The first-order valence-electron chi connectivity index (χ1n) is 4.26. The highest BCUT2D eigenvalue weighted by molar-refractivity contribution is 5.90. The molecule has 0 aliphatic rings. The Morgan fingerprint density at radius 3 is 2.59 bits per heavy atom. The summed E-state index contributed by atoms with van der Waals surface area (Å²) < 4.78 is 17.6. The van der Waals surface area contributed by atoms with E-state index in [-0.39, 0.29) is 24.5 Å². The molecule has 0 heterocycles. The van der Waals surface area contributed by atoms with Crippen molar-refractivity contribution in [2.24, 2.45) is 5.73 Å². The van der Waals surface area contributed by atoms with E-state index in [1.165, 1.54) is 0 Å². The number of halogens is 2. The van der Waals surface area contributed by atoms with Crippen LogP contribution < -0.4 is 5.73 Å². The van der Waals surface area contributed by atoms with Crippen molar-refractivity contribution in [3.05, 3.63) is 39.2 Å². The Bertz CT molecular complexity index is 453. The van der Waals surface area contributed by atoms with Crippen molar-refractivity contribution in [3.63, 3.8) is 0 Å². The minimum absolute atomic E-state index is 0. The van der Waals surface area contributed by atoms with E-state index in [1.54, 1.807) is 0 Å². The van der Waals surface area contributed by atoms with Gasteiger partial charge in [0.25, 0.3) is 5.69 Å². The van der Waals surface area contributed by atoms with Crippen LogP contribution in [0.5, 0.6) is 0 Å². The van der Waals surface area contributed by atoms with Gasteiger partial charge < -0.3 is 10.5 Å². The molecule has 94 valence electrons. The normalized spacial score (nSPS) is 9.35. The monoisotopic (exact) mass is 264 g/mol. The molecule has 0 fully saturated rings. The second-order valence-corrected chi connectivity index (χ2v) is 2.91. The van der Waals surface area contributed by atoms with Gasteiger partial charge in [0, 0.05) is 18.2 Å². The number of hydrogen-bond acceptors (Lipinski definition) is 5. The van der Waals surface area contributed by atoms with Gasteiger partial charge in [-0.15, -0.1) is 12.4 Å². The Kier molecular flexibility index (Phi) is 5.49. The molecule has 1 aromatic carbocycles. The van der Waals surface area contributed by atoms with Crippen LogP contribution in [0.25, 0.3) is 0 Å². The lowest BCUT2D eigenvalue weighted by Crippen LogP contribution is -2.09. The number of carbonyl (C=O) groups excluding carboxylic acids is 1. The van der Waals surface area contributed by atoms with Gasteiger partial charge in [-0.25, -0.2) is 9.18 Å². The molecular weight excluding hydrogens is 255 g/mol. The van der Waals surface area contributed by atoms with Crippen LogP contribution in [0.15, 0.2) is 12.1 Å². The average molecular weight is 265 g/mol. The van der Waals surface area contributed by atoms with Gasteiger partial charge in [-0.2, -0.15) is 0 Å². The Hall–Kier alpha value is -1.73. The van der Waals surface area contributed by atoms with Gasteiger partial charge in [0.2, 0.25) is 0 Å². The lowest BCUT2D eigenvalue weighted by molar-refractivity contribution is -0.385. The zero-order valence-corrected chi connectivity index (χ0v) is 9.62. The fourth-order valence-corrected chi connectivity index (χ4v) is 1.20. The van der Waals surface area contributed by atoms with Crippen LogP contribution in [0.3, 0.4) is 0 Å². The number of rotatable bonds is 3. The van der Waals surface area contributed by atoms with Gasteiger partial charge in [0.05, 0.1) is 12.0 Å². The quantitative estimate of drug-likeness (QED) is 0.506. The van der Waals surface area contributed by atoms with Crippen molar-refractivity contribution in [2.45, 2.75) is 6.54 Å². The first-order valence-corrected chi connectivity index (χ1v) is 4.26. The molecule has 0 unspecified atom stereocenters. The summed E-state index contributed by atoms with van der Waals surface area (Å²) in [6, 6.07) is 1.69. The molecule has 0 bridgehead atoms. The summed E-state index contributed by atoms with van der Waals surface area (Å²) in [6.07, 6.45) is 0. The van der Waals surface area contributed by atoms with Crippen LogP contribution in [0.2, 0.25) is 0 Å². The summed E-state index contributed by atoms with van der Waals surface area (Å²) >= 11 is 0. The maximum atomic E-state index is 13.3. The van der Waals surface area contributed by atoms with E-state index >= 15 is 0 Å². The van der Waals surface area contributed by atoms with Gasteiger partial charge in [-0.1, -0.05) is 0 Å². The summed E-state index contributed by atoms with van der Waals surface area (Å²) in [4.78, 5) is 21.0. The van der Waals surface area contributed by atoms with E-state index in [9.17, 15) is 19.3 Å². The number of nitrogens with zero attached hydrogens (tertiary/aromatic N) is 1. The summed E-state index contributed by atoms with van der Waals surface area (Å²) in [7, 11) is 1.06. The van der Waals surface area contributed by atoms with Gasteiger partial charge in [-0.3, -0.25) is 10.1 Å². The Morgan fingerprint density at radius 2 is 2.18 bits per heavy atom. The van der Waals surface area contributed by atoms with Crippen molar-refractivity contribution >= 4 is 24.1 Å². The van der Waals surface area contributed by atoms with Gasteiger partial charge in [-0.05, 0) is 6.07 Å². The molecule has 0 saturated carbocycles. The Labute approximate surface area is 102 Å². The van der Waals surface area contributed by atoms with E-state index in [0.29, 0.717) is 0 Å². The van der Waals surface area contributed by atoms with Crippen molar-refractivity contribution in [1.29, 1.82) is 0 Å². The van der Waals surface area contributed by atoms with Crippen LogP contribution in [0.1, 0.15) is 15.9 Å². The molecule has 0 saturated heterocycles. The first kappa shape index (κ1) is 15.3. The molecule has 0 aliphatic heterocycles. The molecule has 17 heavy (non-hydrogen) atoms. The highest BCUT2D eigenvalue weighted by Gasteiger charge is 2.21. The van der Waals surface area contributed by atoms with E-state index in [1.807, 2.05) is 0 Å². The number of nitro groups is 1. The largest absolute Gasteiger partial charge is 0.465 e. The summed E-state index contributed by atoms with van der Waals surface area (Å²) in [5, 5.41) is 10.6. The van der Waals surface area contributed by atoms with E-state index in [0.717, 1.165) is 19.2 Å². The minimum atomic E-state index is -0.968. The average Bonchev–Trinajstić information content (AvgIpc) is 2.27. The number of carbonyl (C=O) groups is 1. The van der Waals surface area contributed by atoms with E-state index in [2.05, 4.69) is 4.74 Å². The molecule has 2 N–H and O–H groups in total. The standard InChI is InChI=1S/C9H9FN2O4.ClH/c1-16-9(13)6-3-8(12(14)15)5(4-11)2-7(6)10;/h2-3H,4,11H2,1H3;1H. The highest BCUT2D eigenvalue weighted by Crippen LogP contribution is 2.23. The second kappa shape index (κ2) is 6.12. The predicted octanol–water partition coefficient (Wildman–Crippen LogP) is 1.40. The molecule has 8 heteroatoms. The zero-order valence-electron chi connectivity index (χ0n) is 8.81. The molecule has 0 spiro atoms. The molecule has 0 aliphatic carbocycles. The van der Waals surface area contributed by atoms with Crippen molar-refractivity contribution in [1.82, 2.24) is 0 Å². The molecule has 1 rings (SSSR count). The van der Waals surface area contributed by atoms with Crippen LogP contribution >= 0.6 is 12.4 Å². The van der Waals surface area contributed by atoms with Crippen molar-refractivity contribution < 1.29 is 18.8 Å². The Morgan fingerprint density at radius 1 is 1.59 bits per heavy atom. The van der Waals surface area contributed by atoms with Crippen LogP contribution in [-0.4, -0.2) is 18.0 Å². The summed E-state index contributed by atoms with van der Waals surface area (Å²) in [5.41, 5.74) is 4.37. The lowest BCUT2D eigenvalue weighted by atomic mass is 10.1. The predicted molar refractivity (Wildman–Crippen MR) is 59.5 cm³/mol. The molecule has 0 atom stereocenters. The lowest BCUT2D eigenvalue weighted by Gasteiger charge is -2.04. The number of benzene rings is 1. The van der Waals surface area contributed by atoms with E-state index in [4.69, 9.17) is 5.73 Å². The minimum Gasteiger partial charge on any atom is -0.465 e. The molecule has 6 nitrogen and oxygen atoms in total. The number of esters is 1. The third kappa shape index (κ3) is 3.11. The molecule has 0 aromatic heterocycles. The number of methoxy groups -OCH3 is 1.